The van der Waals surface area contributed by atoms with Gasteiger partial charge in [-0.3, -0.25) is 9.59 Å². The van der Waals surface area contributed by atoms with E-state index < -0.39 is 5.97 Å². The van der Waals surface area contributed by atoms with Gasteiger partial charge in [-0.05, 0) is 25.7 Å². The van der Waals surface area contributed by atoms with Crippen LogP contribution in [0, 0.1) is 5.92 Å². The molecule has 0 aromatic rings. The maximum Gasteiger partial charge on any atom is 0.313 e. The number of carbonyl (C=O) groups is 2. The van der Waals surface area contributed by atoms with E-state index in [-0.39, 0.29) is 23.5 Å². The number of hydrogen-bond donors (Lipinski definition) is 2. The van der Waals surface area contributed by atoms with E-state index in [0.29, 0.717) is 5.92 Å². The van der Waals surface area contributed by atoms with Gasteiger partial charge in [0.2, 0.25) is 5.91 Å². The molecule has 1 unspecified atom stereocenters. The van der Waals surface area contributed by atoms with E-state index in [4.69, 9.17) is 5.11 Å². The third-order valence-electron chi connectivity index (χ3n) is 2.04. The standard InChI is InChI=1S/C11H21NO3S/c1-8(2)4-5-9(3)12-10(13)6-16-7-11(14)15/h8-9H,4-7H2,1-3H3,(H,12,13)(H,14,15). The topological polar surface area (TPSA) is 66.4 Å². The molecule has 0 saturated carbocycles. The van der Waals surface area contributed by atoms with Gasteiger partial charge >= 0.3 is 5.97 Å². The maximum atomic E-state index is 11.4. The molecular formula is C11H21NO3S. The molecule has 94 valence electrons. The maximum absolute atomic E-state index is 11.4. The fourth-order valence-corrected chi connectivity index (χ4v) is 1.75. The van der Waals surface area contributed by atoms with Crippen LogP contribution in [0.4, 0.5) is 0 Å². The van der Waals surface area contributed by atoms with Crippen LogP contribution in [0.25, 0.3) is 0 Å². The predicted octanol–water partition coefficient (Wildman–Crippen LogP) is 1.75. The number of aliphatic carboxylic acids is 1. The van der Waals surface area contributed by atoms with Crippen LogP contribution in [0.15, 0.2) is 0 Å². The van der Waals surface area contributed by atoms with Gasteiger partial charge in [0.25, 0.3) is 0 Å². The second-order valence-electron chi connectivity index (χ2n) is 4.33. The second kappa shape index (κ2) is 8.44. The summed E-state index contributed by atoms with van der Waals surface area (Å²) >= 11 is 1.12. The van der Waals surface area contributed by atoms with E-state index in [1.807, 2.05) is 6.92 Å². The number of carbonyl (C=O) groups excluding carboxylic acids is 1. The zero-order chi connectivity index (χ0) is 12.6. The molecule has 5 heteroatoms. The average molecular weight is 247 g/mol. The molecule has 1 amide bonds. The van der Waals surface area contributed by atoms with Gasteiger partial charge in [-0.2, -0.15) is 0 Å². The van der Waals surface area contributed by atoms with Crippen molar-refractivity contribution in [2.75, 3.05) is 11.5 Å². The molecule has 0 rings (SSSR count). The van der Waals surface area contributed by atoms with Crippen LogP contribution in [-0.4, -0.2) is 34.5 Å². The highest BCUT2D eigenvalue weighted by molar-refractivity contribution is 8.00. The van der Waals surface area contributed by atoms with Crippen LogP contribution in [0.3, 0.4) is 0 Å². The molecule has 0 aliphatic rings. The minimum Gasteiger partial charge on any atom is -0.481 e. The summed E-state index contributed by atoms with van der Waals surface area (Å²) in [5, 5.41) is 11.3. The summed E-state index contributed by atoms with van der Waals surface area (Å²) in [6.45, 7) is 6.27. The third kappa shape index (κ3) is 9.83. The number of thioether (sulfide) groups is 1. The summed E-state index contributed by atoms with van der Waals surface area (Å²) in [5.74, 6) is -0.125. The molecule has 0 aliphatic heterocycles. The lowest BCUT2D eigenvalue weighted by Gasteiger charge is -2.14. The summed E-state index contributed by atoms with van der Waals surface area (Å²) in [7, 11) is 0. The summed E-state index contributed by atoms with van der Waals surface area (Å²) in [6.07, 6.45) is 2.05. The fraction of sp³-hybridized carbons (Fsp3) is 0.818. The van der Waals surface area contributed by atoms with Gasteiger partial charge in [0.15, 0.2) is 0 Å². The van der Waals surface area contributed by atoms with Gasteiger partial charge in [0.1, 0.15) is 0 Å². The van der Waals surface area contributed by atoms with Gasteiger partial charge < -0.3 is 10.4 Å². The number of hydrogen-bond acceptors (Lipinski definition) is 3. The Balaban J connectivity index is 3.58. The highest BCUT2D eigenvalue weighted by Gasteiger charge is 2.08. The lowest BCUT2D eigenvalue weighted by atomic mass is 10.0. The Morgan fingerprint density at radius 3 is 2.31 bits per heavy atom. The van der Waals surface area contributed by atoms with Gasteiger partial charge in [-0.15, -0.1) is 11.8 Å². The van der Waals surface area contributed by atoms with Crippen molar-refractivity contribution in [3.8, 4) is 0 Å². The van der Waals surface area contributed by atoms with Crippen LogP contribution < -0.4 is 5.32 Å². The molecule has 16 heavy (non-hydrogen) atoms. The minimum absolute atomic E-state index is 0.0200. The average Bonchev–Trinajstić information content (AvgIpc) is 2.14. The zero-order valence-corrected chi connectivity index (χ0v) is 11.0. The molecular weight excluding hydrogens is 226 g/mol. The summed E-state index contributed by atoms with van der Waals surface area (Å²) in [4.78, 5) is 21.6. The Morgan fingerprint density at radius 2 is 1.81 bits per heavy atom. The Morgan fingerprint density at radius 1 is 1.19 bits per heavy atom. The quantitative estimate of drug-likeness (QED) is 0.685. The van der Waals surface area contributed by atoms with Crippen LogP contribution in [-0.2, 0) is 9.59 Å². The molecule has 0 spiro atoms. The van der Waals surface area contributed by atoms with Crippen molar-refractivity contribution in [1.82, 2.24) is 5.32 Å². The highest BCUT2D eigenvalue weighted by atomic mass is 32.2. The van der Waals surface area contributed by atoms with Crippen molar-refractivity contribution in [3.63, 3.8) is 0 Å². The molecule has 0 fully saturated rings. The fourth-order valence-electron chi connectivity index (χ4n) is 1.20. The summed E-state index contributed by atoms with van der Waals surface area (Å²) < 4.78 is 0. The van der Waals surface area contributed by atoms with E-state index >= 15 is 0 Å². The number of carboxylic acid groups (broad SMARTS) is 1. The van der Waals surface area contributed by atoms with Crippen LogP contribution in [0.5, 0.6) is 0 Å². The molecule has 0 radical (unpaired) electrons. The van der Waals surface area contributed by atoms with E-state index in [1.54, 1.807) is 0 Å². The van der Waals surface area contributed by atoms with Crippen molar-refractivity contribution in [1.29, 1.82) is 0 Å². The Bertz CT molecular complexity index is 231. The van der Waals surface area contributed by atoms with Crippen molar-refractivity contribution in [2.24, 2.45) is 5.92 Å². The smallest absolute Gasteiger partial charge is 0.313 e. The van der Waals surface area contributed by atoms with E-state index in [9.17, 15) is 9.59 Å². The lowest BCUT2D eigenvalue weighted by Crippen LogP contribution is -2.34. The first-order valence-corrected chi connectivity index (χ1v) is 6.66. The van der Waals surface area contributed by atoms with Crippen molar-refractivity contribution >= 4 is 23.6 Å². The lowest BCUT2D eigenvalue weighted by molar-refractivity contribution is -0.133. The molecule has 0 bridgehead atoms. The van der Waals surface area contributed by atoms with E-state index in [2.05, 4.69) is 19.2 Å². The number of nitrogens with one attached hydrogen (secondary N) is 1. The SMILES string of the molecule is CC(C)CCC(C)NC(=O)CSCC(=O)O. The number of amides is 1. The molecule has 0 aliphatic carbocycles. The second-order valence-corrected chi connectivity index (χ2v) is 5.31. The van der Waals surface area contributed by atoms with Crippen molar-refractivity contribution < 1.29 is 14.7 Å². The molecule has 0 aromatic carbocycles. The number of rotatable bonds is 8. The Labute approximate surface area is 101 Å². The normalized spacial score (nSPS) is 12.5. The van der Waals surface area contributed by atoms with Gasteiger partial charge in [0, 0.05) is 6.04 Å². The van der Waals surface area contributed by atoms with Gasteiger partial charge in [-0.25, -0.2) is 0 Å². The molecule has 0 heterocycles. The summed E-state index contributed by atoms with van der Waals surface area (Å²) in [5.41, 5.74) is 0. The van der Waals surface area contributed by atoms with Crippen molar-refractivity contribution in [2.45, 2.75) is 39.7 Å². The molecule has 0 saturated heterocycles. The predicted molar refractivity (Wildman–Crippen MR) is 66.6 cm³/mol. The molecule has 2 N–H and O–H groups in total. The van der Waals surface area contributed by atoms with E-state index in [0.717, 1.165) is 24.6 Å². The first-order chi connectivity index (χ1) is 7.41. The third-order valence-corrected chi connectivity index (χ3v) is 2.96. The summed E-state index contributed by atoms with van der Waals surface area (Å²) in [6, 6.07) is 0.167. The van der Waals surface area contributed by atoms with E-state index in [1.165, 1.54) is 0 Å². The minimum atomic E-state index is -0.884. The largest absolute Gasteiger partial charge is 0.481 e. The van der Waals surface area contributed by atoms with Crippen LogP contribution in [0.2, 0.25) is 0 Å². The molecule has 4 nitrogen and oxygen atoms in total. The zero-order valence-electron chi connectivity index (χ0n) is 10.2. The van der Waals surface area contributed by atoms with Gasteiger partial charge in [0.05, 0.1) is 11.5 Å². The number of carboxylic acids is 1. The van der Waals surface area contributed by atoms with Crippen molar-refractivity contribution in [3.05, 3.63) is 0 Å². The first-order valence-electron chi connectivity index (χ1n) is 5.50. The first kappa shape index (κ1) is 15.3. The highest BCUT2D eigenvalue weighted by Crippen LogP contribution is 2.06. The van der Waals surface area contributed by atoms with Crippen LogP contribution >= 0.6 is 11.8 Å². The monoisotopic (exact) mass is 247 g/mol. The van der Waals surface area contributed by atoms with Crippen LogP contribution in [0.1, 0.15) is 33.6 Å². The molecule has 1 atom stereocenters. The van der Waals surface area contributed by atoms with Gasteiger partial charge in [-0.1, -0.05) is 13.8 Å². The molecule has 0 aromatic heterocycles. The Kier molecular flexibility index (Phi) is 8.07. The Hall–Kier alpha value is -0.710.